The number of rotatable bonds is 9. The molecule has 0 unspecified atom stereocenters. The van der Waals surface area contributed by atoms with Gasteiger partial charge in [-0.1, -0.05) is 33.8 Å². The first-order valence-electron chi connectivity index (χ1n) is 23.7. The molecular weight excluding hydrogens is 873 g/mol. The van der Waals surface area contributed by atoms with Crippen LogP contribution in [-0.4, -0.2) is 148 Å². The largest absolute Gasteiger partial charge is 0.464 e. The van der Waals surface area contributed by atoms with Gasteiger partial charge in [-0.3, -0.25) is 29.2 Å². The second-order valence-electron chi connectivity index (χ2n) is 19.6. The number of ether oxygens (including phenoxy) is 2. The van der Waals surface area contributed by atoms with Crippen LogP contribution in [0.5, 0.6) is 0 Å². The highest BCUT2D eigenvalue weighted by Gasteiger charge is 2.42. The van der Waals surface area contributed by atoms with Crippen molar-refractivity contribution >= 4 is 52.0 Å². The molecule has 4 aliphatic heterocycles. The molecule has 18 heteroatoms. The van der Waals surface area contributed by atoms with Crippen LogP contribution in [0.25, 0.3) is 33.4 Å². The number of aromatic nitrogens is 3. The lowest BCUT2D eigenvalue weighted by molar-refractivity contribution is -0.155. The minimum atomic E-state index is -1.08. The molecule has 7 heterocycles. The zero-order valence-corrected chi connectivity index (χ0v) is 41.1. The number of thiazole rings is 1. The highest BCUT2D eigenvalue weighted by Crippen LogP contribution is 2.42. The lowest BCUT2D eigenvalue weighted by Crippen LogP contribution is -2.63. The number of fused-ring (bicyclic) bond motifs is 6. The number of urea groups is 1. The number of carbonyl (C=O) groups is 5. The summed E-state index contributed by atoms with van der Waals surface area (Å²) >= 11 is 1.41. The Kier molecular flexibility index (Phi) is 14.1. The molecule has 0 radical (unpaired) electrons. The number of esters is 1. The number of piperazine rings is 1. The lowest BCUT2D eigenvalue weighted by atomic mass is 9.84. The zero-order valence-electron chi connectivity index (χ0n) is 40.3. The van der Waals surface area contributed by atoms with E-state index in [0.29, 0.717) is 63.5 Å². The lowest BCUT2D eigenvalue weighted by Gasteiger charge is -2.43. The van der Waals surface area contributed by atoms with Gasteiger partial charge < -0.3 is 39.4 Å². The fourth-order valence-corrected chi connectivity index (χ4v) is 10.8. The van der Waals surface area contributed by atoms with Crippen LogP contribution < -0.4 is 16.1 Å². The number of cyclic esters (lactones) is 1. The van der Waals surface area contributed by atoms with Gasteiger partial charge in [0.05, 0.1) is 40.8 Å². The Morgan fingerprint density at radius 2 is 1.90 bits per heavy atom. The molecule has 8 rings (SSSR count). The SMILES string of the molecule is CCn1c(-c2cccnc2[C@H](C)OC)c2c3cc(ccc31)-c1csc(n1)C[C@H](NC(=O)[C@H](C(C)C)N(C)C(=O)N1CCN(C(=O)[C@H]3CN3)C[C@H]1C)C(=O)N1CCC[C@H](N1)C(=O)OCC(C)(C)C2. The average molecular weight is 939 g/mol. The Morgan fingerprint density at radius 1 is 1.12 bits per heavy atom. The summed E-state index contributed by atoms with van der Waals surface area (Å²) in [6.07, 6.45) is 3.20. The number of pyridine rings is 1. The molecule has 5 amide bonds. The molecule has 0 spiro atoms. The normalized spacial score (nSPS) is 23.1. The number of likely N-dealkylation sites (N-methyl/N-ethyl adjacent to an activating group) is 1. The number of hydrogen-bond donors (Lipinski definition) is 3. The van der Waals surface area contributed by atoms with E-state index in [1.165, 1.54) is 21.2 Å². The second-order valence-corrected chi connectivity index (χ2v) is 20.6. The van der Waals surface area contributed by atoms with Crippen molar-refractivity contribution in [2.75, 3.05) is 53.5 Å². The molecule has 3 aromatic heterocycles. The first-order valence-corrected chi connectivity index (χ1v) is 24.6. The predicted octanol–water partition coefficient (Wildman–Crippen LogP) is 4.78. The van der Waals surface area contributed by atoms with Gasteiger partial charge in [-0.05, 0) is 75.8 Å². The summed E-state index contributed by atoms with van der Waals surface area (Å²) in [5.41, 5.74) is 9.28. The molecule has 17 nitrogen and oxygen atoms in total. The molecule has 3 N–H and O–H groups in total. The van der Waals surface area contributed by atoms with Crippen molar-refractivity contribution in [2.24, 2.45) is 11.3 Å². The molecule has 6 bridgehead atoms. The third-order valence-electron chi connectivity index (χ3n) is 13.7. The Labute approximate surface area is 396 Å². The van der Waals surface area contributed by atoms with E-state index in [0.717, 1.165) is 44.7 Å². The van der Waals surface area contributed by atoms with Gasteiger partial charge in [0.1, 0.15) is 18.1 Å². The Hall–Kier alpha value is -5.43. The predicted molar refractivity (Wildman–Crippen MR) is 256 cm³/mol. The van der Waals surface area contributed by atoms with Gasteiger partial charge in [0.25, 0.3) is 5.91 Å². The van der Waals surface area contributed by atoms with Crippen LogP contribution in [0.1, 0.15) is 83.7 Å². The summed E-state index contributed by atoms with van der Waals surface area (Å²) in [7, 11) is 3.30. The minimum Gasteiger partial charge on any atom is -0.464 e. The summed E-state index contributed by atoms with van der Waals surface area (Å²) in [5.74, 6) is -1.63. The molecule has 1 aromatic carbocycles. The van der Waals surface area contributed by atoms with Crippen LogP contribution in [0.2, 0.25) is 0 Å². The van der Waals surface area contributed by atoms with Crippen molar-refractivity contribution in [3.8, 4) is 22.5 Å². The van der Waals surface area contributed by atoms with Crippen LogP contribution in [0.4, 0.5) is 4.79 Å². The maximum Gasteiger partial charge on any atom is 0.324 e. The Bertz CT molecular complexity index is 2520. The number of methoxy groups -OCH3 is 1. The highest BCUT2D eigenvalue weighted by molar-refractivity contribution is 7.10. The van der Waals surface area contributed by atoms with Gasteiger partial charge in [0, 0.05) is 105 Å². The fraction of sp³-hybridized carbons (Fsp3) is 0.571. The van der Waals surface area contributed by atoms with Gasteiger partial charge in [0.15, 0.2) is 0 Å². The van der Waals surface area contributed by atoms with Crippen molar-refractivity contribution < 1.29 is 33.4 Å². The third kappa shape index (κ3) is 9.94. The molecule has 0 saturated carbocycles. The number of hydrogen-bond acceptors (Lipinski definition) is 12. The molecule has 6 atom stereocenters. The number of nitrogens with zero attached hydrogens (tertiary/aromatic N) is 7. The number of nitrogens with one attached hydrogen (secondary N) is 3. The number of benzene rings is 1. The first-order chi connectivity index (χ1) is 32.0. The molecular formula is C49H66N10O7S. The van der Waals surface area contributed by atoms with Crippen molar-refractivity contribution in [2.45, 2.75) is 117 Å². The highest BCUT2D eigenvalue weighted by atomic mass is 32.1. The molecule has 67 heavy (non-hydrogen) atoms. The van der Waals surface area contributed by atoms with E-state index in [-0.39, 0.29) is 49.1 Å². The van der Waals surface area contributed by atoms with Gasteiger partial charge in [-0.15, -0.1) is 11.3 Å². The maximum atomic E-state index is 14.7. The summed E-state index contributed by atoms with van der Waals surface area (Å²) in [4.78, 5) is 84.9. The van der Waals surface area contributed by atoms with Crippen LogP contribution in [0.3, 0.4) is 0 Å². The summed E-state index contributed by atoms with van der Waals surface area (Å²) in [6.45, 7) is 16.9. The molecule has 4 aromatic rings. The van der Waals surface area contributed by atoms with E-state index in [1.54, 1.807) is 30.2 Å². The smallest absolute Gasteiger partial charge is 0.324 e. The second kappa shape index (κ2) is 19.7. The zero-order chi connectivity index (χ0) is 47.9. The van der Waals surface area contributed by atoms with Crippen LogP contribution in [0, 0.1) is 11.3 Å². The average Bonchev–Trinajstić information content (AvgIpc) is 3.99. The van der Waals surface area contributed by atoms with Crippen molar-refractivity contribution in [3.05, 3.63) is 58.2 Å². The molecule has 0 aliphatic carbocycles. The molecule has 3 saturated heterocycles. The third-order valence-corrected chi connectivity index (χ3v) is 14.5. The molecule has 3 fully saturated rings. The van der Waals surface area contributed by atoms with Gasteiger partial charge >= 0.3 is 12.0 Å². The Morgan fingerprint density at radius 3 is 2.60 bits per heavy atom. The standard InChI is InChI=1S/C49H66N10O7S/c1-10-57-39-16-15-31-21-33(39)34(43(57)32-13-11-17-50-41(32)30(5)65-9)23-49(6,7)27-66-47(63)35-14-12-18-59(54-35)46(62)36(22-40-52-38(31)26-67-40)53-44(60)42(28(2)3)55(8)48(64)58-20-19-56(25-29(58)4)45(61)37-24-51-37/h11,13,15-17,21,26,28-30,35-37,42,51,54H,10,12,14,18-20,22-25,27H2,1-9H3,(H,53,60)/t29-,30+,35+,36+,37-,42+/m1/s1. The fourth-order valence-electron chi connectivity index (χ4n) is 9.96. The maximum absolute atomic E-state index is 14.7. The van der Waals surface area contributed by atoms with E-state index >= 15 is 0 Å². The van der Waals surface area contributed by atoms with Crippen LogP contribution in [0.15, 0.2) is 41.9 Å². The first kappa shape index (κ1) is 48.0. The van der Waals surface area contributed by atoms with Crippen LogP contribution in [-0.2, 0) is 48.0 Å². The molecule has 360 valence electrons. The van der Waals surface area contributed by atoms with Gasteiger partial charge in [-0.25, -0.2) is 15.2 Å². The van der Waals surface area contributed by atoms with Gasteiger partial charge in [-0.2, -0.15) is 0 Å². The van der Waals surface area contributed by atoms with Crippen molar-refractivity contribution in [1.29, 1.82) is 0 Å². The quantitative estimate of drug-likeness (QED) is 0.155. The van der Waals surface area contributed by atoms with E-state index in [1.807, 2.05) is 39.1 Å². The topological polar surface area (TPSA) is 193 Å². The van der Waals surface area contributed by atoms with Crippen LogP contribution >= 0.6 is 11.3 Å². The number of amides is 5. The summed E-state index contributed by atoms with van der Waals surface area (Å²) in [6, 6.07) is 6.88. The van der Waals surface area contributed by atoms with Crippen molar-refractivity contribution in [1.82, 2.24) is 50.3 Å². The molecule has 4 aliphatic rings. The number of hydrazine groups is 1. The Balaban J connectivity index is 1.13. The number of carbonyl (C=O) groups excluding carboxylic acids is 5. The van der Waals surface area contributed by atoms with E-state index in [4.69, 9.17) is 19.4 Å². The van der Waals surface area contributed by atoms with E-state index in [2.05, 4.69) is 65.7 Å². The van der Waals surface area contributed by atoms with E-state index in [9.17, 15) is 24.0 Å². The van der Waals surface area contributed by atoms with Gasteiger partial charge in [0.2, 0.25) is 11.8 Å². The van der Waals surface area contributed by atoms with E-state index < -0.39 is 41.3 Å². The summed E-state index contributed by atoms with van der Waals surface area (Å²) < 4.78 is 14.3. The minimum absolute atomic E-state index is 0.0448. The van der Waals surface area contributed by atoms with Crippen molar-refractivity contribution in [3.63, 3.8) is 0 Å². The monoisotopic (exact) mass is 938 g/mol. The summed E-state index contributed by atoms with van der Waals surface area (Å²) in [5, 5.41) is 11.2. The number of aryl methyl sites for hydroxylation is 1.